The highest BCUT2D eigenvalue weighted by molar-refractivity contribution is 5.58. The minimum absolute atomic E-state index is 0.304. The molecule has 0 amide bonds. The van der Waals surface area contributed by atoms with Crippen molar-refractivity contribution < 1.29 is 4.74 Å². The number of aromatic nitrogens is 1. The highest BCUT2D eigenvalue weighted by Crippen LogP contribution is 2.58. The SMILES string of the molecule is CO[C@H]1C[C@H](Nc2cc(C)ncc2C#N)C12CCC2. The zero-order valence-corrected chi connectivity index (χ0v) is 11.4. The summed E-state index contributed by atoms with van der Waals surface area (Å²) in [6.07, 6.45) is 6.82. The minimum Gasteiger partial charge on any atom is -0.381 e. The Kier molecular flexibility index (Phi) is 2.94. The number of hydrogen-bond donors (Lipinski definition) is 1. The first kappa shape index (κ1) is 12.4. The summed E-state index contributed by atoms with van der Waals surface area (Å²) >= 11 is 0. The van der Waals surface area contributed by atoms with Crippen LogP contribution in [0.1, 0.15) is 36.9 Å². The van der Waals surface area contributed by atoms with Crippen LogP contribution in [0.2, 0.25) is 0 Å². The van der Waals surface area contributed by atoms with E-state index in [9.17, 15) is 0 Å². The van der Waals surface area contributed by atoms with E-state index < -0.39 is 0 Å². The van der Waals surface area contributed by atoms with E-state index in [0.717, 1.165) is 17.8 Å². The van der Waals surface area contributed by atoms with Gasteiger partial charge in [-0.05, 0) is 32.3 Å². The van der Waals surface area contributed by atoms with Gasteiger partial charge in [-0.3, -0.25) is 4.98 Å². The molecule has 1 heterocycles. The Hall–Kier alpha value is -1.60. The fraction of sp³-hybridized carbons (Fsp3) is 0.600. The number of pyridine rings is 1. The van der Waals surface area contributed by atoms with Gasteiger partial charge in [-0.15, -0.1) is 0 Å². The Labute approximate surface area is 113 Å². The fourth-order valence-electron chi connectivity index (χ4n) is 3.49. The van der Waals surface area contributed by atoms with Crippen LogP contribution in [0.5, 0.6) is 0 Å². The van der Waals surface area contributed by atoms with Gasteiger partial charge in [0.15, 0.2) is 0 Å². The summed E-state index contributed by atoms with van der Waals surface area (Å²) in [7, 11) is 1.80. The van der Waals surface area contributed by atoms with Gasteiger partial charge in [-0.25, -0.2) is 0 Å². The lowest BCUT2D eigenvalue weighted by Gasteiger charge is -2.61. The van der Waals surface area contributed by atoms with Crippen LogP contribution in [0, 0.1) is 23.7 Å². The van der Waals surface area contributed by atoms with Crippen molar-refractivity contribution in [3.63, 3.8) is 0 Å². The molecule has 2 atom stereocenters. The van der Waals surface area contributed by atoms with Crippen LogP contribution in [0.15, 0.2) is 12.3 Å². The van der Waals surface area contributed by atoms with Gasteiger partial charge in [0.1, 0.15) is 6.07 Å². The van der Waals surface area contributed by atoms with Gasteiger partial charge in [0.25, 0.3) is 0 Å². The summed E-state index contributed by atoms with van der Waals surface area (Å²) in [6.45, 7) is 1.95. The second-order valence-corrected chi connectivity index (χ2v) is 5.73. The number of nitriles is 1. The van der Waals surface area contributed by atoms with Crippen LogP contribution in [0.25, 0.3) is 0 Å². The maximum Gasteiger partial charge on any atom is 0.103 e. The molecule has 1 N–H and O–H groups in total. The van der Waals surface area contributed by atoms with Gasteiger partial charge in [0.05, 0.1) is 17.4 Å². The molecule has 1 aromatic heterocycles. The third-order valence-corrected chi connectivity index (χ3v) is 4.84. The summed E-state index contributed by atoms with van der Waals surface area (Å²) < 4.78 is 5.57. The smallest absolute Gasteiger partial charge is 0.103 e. The minimum atomic E-state index is 0.304. The molecule has 0 saturated heterocycles. The number of aryl methyl sites for hydroxylation is 1. The first-order chi connectivity index (χ1) is 9.19. The molecule has 0 aliphatic heterocycles. The maximum absolute atomic E-state index is 9.16. The van der Waals surface area contributed by atoms with Gasteiger partial charge >= 0.3 is 0 Å². The topological polar surface area (TPSA) is 57.9 Å². The average molecular weight is 257 g/mol. The van der Waals surface area contributed by atoms with Crippen LogP contribution in [0.3, 0.4) is 0 Å². The van der Waals surface area contributed by atoms with Crippen molar-refractivity contribution in [1.29, 1.82) is 5.26 Å². The summed E-state index contributed by atoms with van der Waals surface area (Å²) in [5, 5.41) is 12.7. The second kappa shape index (κ2) is 4.50. The van der Waals surface area contributed by atoms with Crippen LogP contribution >= 0.6 is 0 Å². The van der Waals surface area contributed by atoms with Crippen LogP contribution in [-0.4, -0.2) is 24.2 Å². The number of nitrogens with zero attached hydrogens (tertiary/aromatic N) is 2. The van der Waals surface area contributed by atoms with E-state index in [4.69, 9.17) is 10.00 Å². The quantitative estimate of drug-likeness (QED) is 0.904. The number of hydrogen-bond acceptors (Lipinski definition) is 4. The third kappa shape index (κ3) is 1.81. The highest BCUT2D eigenvalue weighted by Gasteiger charge is 2.58. The van der Waals surface area contributed by atoms with Crippen molar-refractivity contribution in [1.82, 2.24) is 4.98 Å². The molecule has 0 bridgehead atoms. The van der Waals surface area contributed by atoms with Crippen molar-refractivity contribution in [2.45, 2.75) is 44.8 Å². The molecular formula is C15H19N3O. The van der Waals surface area contributed by atoms with E-state index >= 15 is 0 Å². The van der Waals surface area contributed by atoms with Gasteiger partial charge in [0, 0.05) is 30.5 Å². The molecule has 100 valence electrons. The Balaban J connectivity index is 1.80. The fourth-order valence-corrected chi connectivity index (χ4v) is 3.49. The summed E-state index contributed by atoms with van der Waals surface area (Å²) in [4.78, 5) is 4.18. The predicted octanol–water partition coefficient (Wildman–Crippen LogP) is 2.63. The molecule has 3 rings (SSSR count). The molecule has 4 heteroatoms. The Bertz CT molecular complexity index is 531. The molecule has 0 aromatic carbocycles. The second-order valence-electron chi connectivity index (χ2n) is 5.73. The molecular weight excluding hydrogens is 238 g/mol. The molecule has 1 spiro atoms. The molecule has 2 saturated carbocycles. The molecule has 4 nitrogen and oxygen atoms in total. The van der Waals surface area contributed by atoms with Crippen molar-refractivity contribution >= 4 is 5.69 Å². The van der Waals surface area contributed by atoms with Crippen molar-refractivity contribution in [3.05, 3.63) is 23.5 Å². The van der Waals surface area contributed by atoms with E-state index in [0.29, 0.717) is 23.1 Å². The largest absolute Gasteiger partial charge is 0.381 e. The van der Waals surface area contributed by atoms with Crippen LogP contribution in [-0.2, 0) is 4.74 Å². The van der Waals surface area contributed by atoms with Crippen LogP contribution < -0.4 is 5.32 Å². The highest BCUT2D eigenvalue weighted by atomic mass is 16.5. The first-order valence-electron chi connectivity index (χ1n) is 6.86. The first-order valence-corrected chi connectivity index (χ1v) is 6.86. The molecule has 2 aliphatic carbocycles. The summed E-state index contributed by atoms with van der Waals surface area (Å²) in [5.74, 6) is 0. The van der Waals surface area contributed by atoms with Gasteiger partial charge < -0.3 is 10.1 Å². The van der Waals surface area contributed by atoms with E-state index in [2.05, 4.69) is 16.4 Å². The van der Waals surface area contributed by atoms with Crippen molar-refractivity contribution in [2.75, 3.05) is 12.4 Å². The lowest BCUT2D eigenvalue weighted by atomic mass is 9.51. The molecule has 1 aromatic rings. The van der Waals surface area contributed by atoms with E-state index in [-0.39, 0.29) is 0 Å². The number of anilines is 1. The standard InChI is InChI=1S/C15H19N3O/c1-10-6-12(11(8-16)9-17-10)18-13-7-14(19-2)15(13)4-3-5-15/h6,9,13-14H,3-5,7H2,1-2H3,(H,17,18)/t13-,14-/m0/s1. The van der Waals surface area contributed by atoms with E-state index in [1.165, 1.54) is 19.3 Å². The number of methoxy groups -OCH3 is 1. The number of ether oxygens (including phenoxy) is 1. The molecule has 19 heavy (non-hydrogen) atoms. The van der Waals surface area contributed by atoms with E-state index in [1.807, 2.05) is 13.0 Å². The lowest BCUT2D eigenvalue weighted by molar-refractivity contribution is -0.145. The molecule has 0 radical (unpaired) electrons. The van der Waals surface area contributed by atoms with Gasteiger partial charge in [0.2, 0.25) is 0 Å². The van der Waals surface area contributed by atoms with E-state index in [1.54, 1.807) is 13.3 Å². The molecule has 2 aliphatic rings. The zero-order chi connectivity index (χ0) is 13.5. The number of nitrogens with one attached hydrogen (secondary N) is 1. The normalized spacial score (nSPS) is 27.2. The van der Waals surface area contributed by atoms with Gasteiger partial charge in [-0.2, -0.15) is 5.26 Å². The Morgan fingerprint density at radius 1 is 1.53 bits per heavy atom. The Morgan fingerprint density at radius 2 is 2.32 bits per heavy atom. The molecule has 2 fully saturated rings. The maximum atomic E-state index is 9.16. The van der Waals surface area contributed by atoms with Crippen molar-refractivity contribution in [3.8, 4) is 6.07 Å². The Morgan fingerprint density at radius 3 is 2.89 bits per heavy atom. The average Bonchev–Trinajstić information content (AvgIpc) is 2.32. The number of rotatable bonds is 3. The van der Waals surface area contributed by atoms with Crippen molar-refractivity contribution in [2.24, 2.45) is 5.41 Å². The monoisotopic (exact) mass is 257 g/mol. The summed E-state index contributed by atoms with van der Waals surface area (Å²) in [5.41, 5.74) is 2.78. The zero-order valence-electron chi connectivity index (χ0n) is 11.4. The lowest BCUT2D eigenvalue weighted by Crippen LogP contribution is -2.64. The van der Waals surface area contributed by atoms with Crippen LogP contribution in [0.4, 0.5) is 5.69 Å². The molecule has 0 unspecified atom stereocenters. The third-order valence-electron chi connectivity index (χ3n) is 4.84. The predicted molar refractivity (Wildman–Crippen MR) is 72.8 cm³/mol. The van der Waals surface area contributed by atoms with Gasteiger partial charge in [-0.1, -0.05) is 6.42 Å². The summed E-state index contributed by atoms with van der Waals surface area (Å²) in [6, 6.07) is 4.60.